The number of hydrogen-bond donors (Lipinski definition) is 2. The summed E-state index contributed by atoms with van der Waals surface area (Å²) in [6, 6.07) is 0. The second-order valence-corrected chi connectivity index (χ2v) is 7.58. The summed E-state index contributed by atoms with van der Waals surface area (Å²) in [6.07, 6.45) is 24.8. The van der Waals surface area contributed by atoms with Crippen molar-refractivity contribution < 1.29 is 15.0 Å². The zero-order chi connectivity index (χ0) is 18.4. The van der Waals surface area contributed by atoms with E-state index in [2.05, 4.69) is 0 Å². The van der Waals surface area contributed by atoms with Gasteiger partial charge in [-0.25, -0.2) is 0 Å². The van der Waals surface area contributed by atoms with Gasteiger partial charge in [0.1, 0.15) is 0 Å². The van der Waals surface area contributed by atoms with Gasteiger partial charge in [0.25, 0.3) is 0 Å². The van der Waals surface area contributed by atoms with Crippen LogP contribution in [0.15, 0.2) is 0 Å². The van der Waals surface area contributed by atoms with Crippen molar-refractivity contribution in [2.24, 2.45) is 0 Å². The van der Waals surface area contributed by atoms with Gasteiger partial charge in [0, 0.05) is 13.0 Å². The third-order valence-electron chi connectivity index (χ3n) is 5.05. The standard InChI is InChI=1S/C22H44O3.Li.H/c23-21-19-17-15-13-11-9-7-5-3-1-2-4-6-8-10-12-14-16-18-20-22(24)25;;/h23H,1-21H2,(H,24,25);;. The number of aliphatic hydroxyl groups is 1. The molecular weight excluding hydrogens is 319 g/mol. The summed E-state index contributed by atoms with van der Waals surface area (Å²) < 4.78 is 0. The van der Waals surface area contributed by atoms with Crippen LogP contribution in [0, 0.1) is 0 Å². The topological polar surface area (TPSA) is 57.5 Å². The van der Waals surface area contributed by atoms with Gasteiger partial charge in [-0.3, -0.25) is 4.79 Å². The molecule has 0 heterocycles. The van der Waals surface area contributed by atoms with Crippen LogP contribution >= 0.6 is 0 Å². The first-order valence-electron chi connectivity index (χ1n) is 11.1. The maximum absolute atomic E-state index is 10.4. The summed E-state index contributed by atoms with van der Waals surface area (Å²) in [7, 11) is 0. The van der Waals surface area contributed by atoms with Gasteiger partial charge >= 0.3 is 24.8 Å². The molecule has 0 saturated heterocycles. The molecule has 0 aromatic carbocycles. The second-order valence-electron chi connectivity index (χ2n) is 7.58. The van der Waals surface area contributed by atoms with Crippen LogP contribution in [-0.2, 0) is 4.79 Å². The molecule has 0 aliphatic rings. The number of hydrogen-bond acceptors (Lipinski definition) is 2. The molecule has 0 radical (unpaired) electrons. The van der Waals surface area contributed by atoms with Crippen LogP contribution in [0.5, 0.6) is 0 Å². The molecule has 0 atom stereocenters. The van der Waals surface area contributed by atoms with Crippen LogP contribution in [0.4, 0.5) is 0 Å². The Bertz CT molecular complexity index is 272. The van der Waals surface area contributed by atoms with Crippen molar-refractivity contribution in [1.82, 2.24) is 0 Å². The molecular formula is C22H45LiO3. The zero-order valence-corrected chi connectivity index (χ0v) is 16.7. The molecule has 0 fully saturated rings. The predicted molar refractivity (Wildman–Crippen MR) is 114 cm³/mol. The number of carboxylic acids is 1. The van der Waals surface area contributed by atoms with Crippen LogP contribution in [0.25, 0.3) is 0 Å². The van der Waals surface area contributed by atoms with Crippen LogP contribution in [0.1, 0.15) is 128 Å². The molecule has 152 valence electrons. The first-order chi connectivity index (χ1) is 12.3. The molecule has 0 saturated carbocycles. The van der Waals surface area contributed by atoms with Gasteiger partial charge < -0.3 is 10.2 Å². The van der Waals surface area contributed by atoms with Gasteiger partial charge in [-0.05, 0) is 12.8 Å². The Morgan fingerprint density at radius 3 is 0.923 bits per heavy atom. The van der Waals surface area contributed by atoms with Gasteiger partial charge in [-0.2, -0.15) is 0 Å². The summed E-state index contributed by atoms with van der Waals surface area (Å²) in [4.78, 5) is 10.4. The number of aliphatic hydroxyl groups excluding tert-OH is 1. The molecule has 0 aliphatic carbocycles. The normalized spacial score (nSPS) is 10.7. The minimum absolute atomic E-state index is 0. The van der Waals surface area contributed by atoms with E-state index in [-0.39, 0.29) is 18.9 Å². The first kappa shape index (κ1) is 28.2. The number of aliphatic carboxylic acids is 1. The van der Waals surface area contributed by atoms with Crippen LogP contribution in [0.2, 0.25) is 0 Å². The summed E-state index contributed by atoms with van der Waals surface area (Å²) in [6.45, 7) is 0.356. The van der Waals surface area contributed by atoms with E-state index in [1.165, 1.54) is 103 Å². The number of rotatable bonds is 21. The van der Waals surface area contributed by atoms with Crippen LogP contribution in [-0.4, -0.2) is 41.6 Å². The zero-order valence-electron chi connectivity index (χ0n) is 16.7. The van der Waals surface area contributed by atoms with E-state index < -0.39 is 5.97 Å². The van der Waals surface area contributed by atoms with Crippen LogP contribution in [0.3, 0.4) is 0 Å². The Labute approximate surface area is 174 Å². The molecule has 26 heavy (non-hydrogen) atoms. The Kier molecular flexibility index (Phi) is 27.2. The fraction of sp³-hybridized carbons (Fsp3) is 0.955. The molecule has 0 bridgehead atoms. The van der Waals surface area contributed by atoms with E-state index in [0.29, 0.717) is 13.0 Å². The summed E-state index contributed by atoms with van der Waals surface area (Å²) in [5.74, 6) is -0.658. The van der Waals surface area contributed by atoms with E-state index >= 15 is 0 Å². The van der Waals surface area contributed by atoms with E-state index in [1.54, 1.807) is 0 Å². The van der Waals surface area contributed by atoms with Gasteiger partial charge in [0.2, 0.25) is 0 Å². The summed E-state index contributed by atoms with van der Waals surface area (Å²) >= 11 is 0. The SMILES string of the molecule is O=C(O)CCCCCCCCCCCCCCCCCCCCCO.[LiH]. The van der Waals surface area contributed by atoms with Crippen molar-refractivity contribution >= 4 is 24.8 Å². The van der Waals surface area contributed by atoms with E-state index in [1.807, 2.05) is 0 Å². The van der Waals surface area contributed by atoms with Crippen molar-refractivity contribution in [2.75, 3.05) is 6.61 Å². The van der Waals surface area contributed by atoms with Gasteiger partial charge in [0.05, 0.1) is 0 Å². The Morgan fingerprint density at radius 2 is 0.692 bits per heavy atom. The van der Waals surface area contributed by atoms with E-state index in [0.717, 1.165) is 19.3 Å². The molecule has 0 rings (SSSR count). The summed E-state index contributed by atoms with van der Waals surface area (Å²) in [5, 5.41) is 17.3. The summed E-state index contributed by atoms with van der Waals surface area (Å²) in [5.41, 5.74) is 0. The van der Waals surface area contributed by atoms with Crippen molar-refractivity contribution in [3.05, 3.63) is 0 Å². The Hall–Kier alpha value is 0.0274. The van der Waals surface area contributed by atoms with Gasteiger partial charge in [0.15, 0.2) is 0 Å². The molecule has 0 aromatic heterocycles. The second kappa shape index (κ2) is 25.0. The Balaban J connectivity index is 0. The molecule has 2 N–H and O–H groups in total. The Morgan fingerprint density at radius 1 is 0.462 bits per heavy atom. The first-order valence-corrected chi connectivity index (χ1v) is 11.1. The van der Waals surface area contributed by atoms with Gasteiger partial charge in [-0.15, -0.1) is 0 Å². The maximum atomic E-state index is 10.4. The third-order valence-corrected chi connectivity index (χ3v) is 5.05. The third kappa shape index (κ3) is 26.3. The molecule has 3 nitrogen and oxygen atoms in total. The van der Waals surface area contributed by atoms with E-state index in [4.69, 9.17) is 10.2 Å². The molecule has 0 unspecified atom stereocenters. The molecule has 4 heteroatoms. The number of unbranched alkanes of at least 4 members (excludes halogenated alkanes) is 18. The quantitative estimate of drug-likeness (QED) is 0.188. The molecule has 0 amide bonds. The fourth-order valence-corrected chi connectivity index (χ4v) is 3.39. The van der Waals surface area contributed by atoms with E-state index in [9.17, 15) is 4.79 Å². The van der Waals surface area contributed by atoms with Crippen molar-refractivity contribution in [3.8, 4) is 0 Å². The fourth-order valence-electron chi connectivity index (χ4n) is 3.39. The number of carboxylic acid groups (broad SMARTS) is 1. The minimum atomic E-state index is -0.658. The van der Waals surface area contributed by atoms with Crippen molar-refractivity contribution in [2.45, 2.75) is 128 Å². The van der Waals surface area contributed by atoms with Crippen LogP contribution < -0.4 is 0 Å². The average molecular weight is 365 g/mol. The molecule has 0 aliphatic heterocycles. The molecule has 0 spiro atoms. The van der Waals surface area contributed by atoms with Crippen molar-refractivity contribution in [1.29, 1.82) is 0 Å². The van der Waals surface area contributed by atoms with Crippen molar-refractivity contribution in [3.63, 3.8) is 0 Å². The van der Waals surface area contributed by atoms with Gasteiger partial charge in [-0.1, -0.05) is 109 Å². The number of carbonyl (C=O) groups is 1. The molecule has 0 aromatic rings. The monoisotopic (exact) mass is 364 g/mol. The average Bonchev–Trinajstić information content (AvgIpc) is 2.60. The predicted octanol–water partition coefficient (Wildman–Crippen LogP) is 6.22.